The summed E-state index contributed by atoms with van der Waals surface area (Å²) in [6.45, 7) is 1.13. The number of hydrogen-bond donors (Lipinski definition) is 2. The number of carbonyl (C=O) groups is 1. The number of methoxy groups -OCH3 is 1. The zero-order chi connectivity index (χ0) is 14.7. The fourth-order valence-electron chi connectivity index (χ4n) is 2.82. The molecule has 3 rings (SSSR count). The van der Waals surface area contributed by atoms with Crippen LogP contribution in [0.15, 0.2) is 24.3 Å². The molecular weight excluding hydrogens is 268 g/mol. The van der Waals surface area contributed by atoms with E-state index in [0.717, 1.165) is 24.5 Å². The number of anilines is 1. The molecule has 0 unspecified atom stereocenters. The summed E-state index contributed by atoms with van der Waals surface area (Å²) in [7, 11) is 1.62. The van der Waals surface area contributed by atoms with Gasteiger partial charge in [-0.25, -0.2) is 0 Å². The van der Waals surface area contributed by atoms with E-state index in [0.29, 0.717) is 24.6 Å². The molecule has 0 spiro atoms. The van der Waals surface area contributed by atoms with Gasteiger partial charge >= 0.3 is 0 Å². The summed E-state index contributed by atoms with van der Waals surface area (Å²) in [5.74, 6) is 1.46. The van der Waals surface area contributed by atoms with Gasteiger partial charge in [0.1, 0.15) is 5.75 Å². The first-order valence-electron chi connectivity index (χ1n) is 7.55. The predicted molar refractivity (Wildman–Crippen MR) is 80.5 cm³/mol. The van der Waals surface area contributed by atoms with Crippen LogP contribution in [0.2, 0.25) is 0 Å². The Hall–Kier alpha value is -1.59. The van der Waals surface area contributed by atoms with Crippen LogP contribution >= 0.6 is 0 Å². The maximum Gasteiger partial charge on any atom is 0.238 e. The van der Waals surface area contributed by atoms with Crippen LogP contribution in [0.25, 0.3) is 0 Å². The van der Waals surface area contributed by atoms with Crippen molar-refractivity contribution in [3.63, 3.8) is 0 Å². The second-order valence-corrected chi connectivity index (χ2v) is 5.73. The Morgan fingerprint density at radius 2 is 2.05 bits per heavy atom. The molecule has 2 N–H and O–H groups in total. The van der Waals surface area contributed by atoms with Crippen molar-refractivity contribution in [2.75, 3.05) is 25.6 Å². The van der Waals surface area contributed by atoms with Gasteiger partial charge in [-0.3, -0.25) is 4.79 Å². The molecule has 2 fully saturated rings. The molecule has 114 valence electrons. The SMILES string of the molecule is COc1ccc(NC(=O)CN[C@@H]2CCO[C@H]2C2CC2)cc1. The third-order valence-corrected chi connectivity index (χ3v) is 4.12. The number of amides is 1. The van der Waals surface area contributed by atoms with Crippen LogP contribution in [0.1, 0.15) is 19.3 Å². The van der Waals surface area contributed by atoms with Crippen LogP contribution in [0.3, 0.4) is 0 Å². The van der Waals surface area contributed by atoms with Crippen molar-refractivity contribution < 1.29 is 14.3 Å². The van der Waals surface area contributed by atoms with Crippen molar-refractivity contribution in [3.05, 3.63) is 24.3 Å². The quantitative estimate of drug-likeness (QED) is 0.838. The smallest absolute Gasteiger partial charge is 0.238 e. The molecule has 2 atom stereocenters. The van der Waals surface area contributed by atoms with Crippen LogP contribution in [0, 0.1) is 5.92 Å². The van der Waals surface area contributed by atoms with Gasteiger partial charge in [0.2, 0.25) is 5.91 Å². The zero-order valence-electron chi connectivity index (χ0n) is 12.3. The van der Waals surface area contributed by atoms with Crippen molar-refractivity contribution in [1.82, 2.24) is 5.32 Å². The molecule has 2 aliphatic rings. The molecule has 5 heteroatoms. The van der Waals surface area contributed by atoms with Crippen molar-refractivity contribution in [3.8, 4) is 5.75 Å². The Balaban J connectivity index is 1.45. The van der Waals surface area contributed by atoms with E-state index in [1.54, 1.807) is 7.11 Å². The number of benzene rings is 1. The van der Waals surface area contributed by atoms with Gasteiger partial charge in [0.05, 0.1) is 19.8 Å². The van der Waals surface area contributed by atoms with Crippen molar-refractivity contribution in [2.24, 2.45) is 5.92 Å². The van der Waals surface area contributed by atoms with E-state index in [9.17, 15) is 4.79 Å². The van der Waals surface area contributed by atoms with E-state index in [1.165, 1.54) is 12.8 Å². The fourth-order valence-corrected chi connectivity index (χ4v) is 2.82. The molecule has 0 bridgehead atoms. The highest BCUT2D eigenvalue weighted by Gasteiger charge is 2.40. The van der Waals surface area contributed by atoms with Gasteiger partial charge in [0.25, 0.3) is 0 Å². The standard InChI is InChI=1S/C16H22N2O3/c1-20-13-6-4-12(5-7-13)18-15(19)10-17-14-8-9-21-16(14)11-2-3-11/h4-7,11,14,16-17H,2-3,8-10H2,1H3,(H,18,19)/t14-,16+/m1/s1. The van der Waals surface area contributed by atoms with E-state index in [1.807, 2.05) is 24.3 Å². The largest absolute Gasteiger partial charge is 0.497 e. The molecule has 21 heavy (non-hydrogen) atoms. The maximum absolute atomic E-state index is 12.0. The lowest BCUT2D eigenvalue weighted by Gasteiger charge is -2.19. The highest BCUT2D eigenvalue weighted by atomic mass is 16.5. The summed E-state index contributed by atoms with van der Waals surface area (Å²) in [4.78, 5) is 12.0. The number of ether oxygens (including phenoxy) is 2. The minimum absolute atomic E-state index is 0.0263. The normalized spacial score (nSPS) is 24.8. The van der Waals surface area contributed by atoms with Gasteiger partial charge < -0.3 is 20.1 Å². The Morgan fingerprint density at radius 1 is 1.29 bits per heavy atom. The van der Waals surface area contributed by atoms with E-state index in [2.05, 4.69) is 10.6 Å². The average Bonchev–Trinajstić information content (AvgIpc) is 3.24. The van der Waals surface area contributed by atoms with Gasteiger partial charge in [-0.2, -0.15) is 0 Å². The van der Waals surface area contributed by atoms with Gasteiger partial charge in [-0.1, -0.05) is 0 Å². The Morgan fingerprint density at radius 3 is 2.71 bits per heavy atom. The first-order valence-corrected chi connectivity index (χ1v) is 7.55. The molecule has 1 aromatic carbocycles. The van der Waals surface area contributed by atoms with E-state index in [4.69, 9.17) is 9.47 Å². The minimum atomic E-state index is -0.0263. The number of rotatable bonds is 6. The molecule has 1 aliphatic heterocycles. The molecule has 1 aromatic rings. The average molecular weight is 290 g/mol. The Kier molecular flexibility index (Phi) is 4.41. The second-order valence-electron chi connectivity index (χ2n) is 5.73. The molecule has 1 amide bonds. The van der Waals surface area contributed by atoms with E-state index in [-0.39, 0.29) is 5.91 Å². The van der Waals surface area contributed by atoms with Crippen LogP contribution in [-0.2, 0) is 9.53 Å². The summed E-state index contributed by atoms with van der Waals surface area (Å²) in [6.07, 6.45) is 3.83. The molecule has 5 nitrogen and oxygen atoms in total. The molecule has 1 heterocycles. The second kappa shape index (κ2) is 6.45. The number of hydrogen-bond acceptors (Lipinski definition) is 4. The fraction of sp³-hybridized carbons (Fsp3) is 0.562. The third-order valence-electron chi connectivity index (χ3n) is 4.12. The number of carbonyl (C=O) groups excluding carboxylic acids is 1. The van der Waals surface area contributed by atoms with Gasteiger partial charge in [-0.15, -0.1) is 0 Å². The molecule has 0 aromatic heterocycles. The predicted octanol–water partition coefficient (Wildman–Crippen LogP) is 1.79. The molecule has 1 saturated carbocycles. The molecular formula is C16H22N2O3. The topological polar surface area (TPSA) is 59.6 Å². The lowest BCUT2D eigenvalue weighted by molar-refractivity contribution is -0.115. The minimum Gasteiger partial charge on any atom is -0.497 e. The first kappa shape index (κ1) is 14.4. The van der Waals surface area contributed by atoms with Crippen molar-refractivity contribution in [2.45, 2.75) is 31.4 Å². The third kappa shape index (κ3) is 3.74. The molecule has 1 saturated heterocycles. The first-order chi connectivity index (χ1) is 10.3. The van der Waals surface area contributed by atoms with Crippen LogP contribution in [0.4, 0.5) is 5.69 Å². The Bertz CT molecular complexity index is 485. The maximum atomic E-state index is 12.0. The monoisotopic (exact) mass is 290 g/mol. The van der Waals surface area contributed by atoms with Crippen molar-refractivity contribution in [1.29, 1.82) is 0 Å². The highest BCUT2D eigenvalue weighted by molar-refractivity contribution is 5.92. The summed E-state index contributed by atoms with van der Waals surface area (Å²) < 4.78 is 10.8. The summed E-state index contributed by atoms with van der Waals surface area (Å²) in [5, 5.41) is 6.21. The van der Waals surface area contributed by atoms with Crippen LogP contribution in [0.5, 0.6) is 5.75 Å². The Labute approximate surface area is 125 Å². The molecule has 0 radical (unpaired) electrons. The van der Waals surface area contributed by atoms with Gasteiger partial charge in [-0.05, 0) is 49.4 Å². The van der Waals surface area contributed by atoms with Crippen LogP contribution in [-0.4, -0.2) is 38.3 Å². The summed E-state index contributed by atoms with van der Waals surface area (Å²) >= 11 is 0. The lowest BCUT2D eigenvalue weighted by Crippen LogP contribution is -2.41. The van der Waals surface area contributed by atoms with E-state index < -0.39 is 0 Å². The van der Waals surface area contributed by atoms with E-state index >= 15 is 0 Å². The van der Waals surface area contributed by atoms with Gasteiger partial charge in [0, 0.05) is 18.3 Å². The number of nitrogens with one attached hydrogen (secondary N) is 2. The van der Waals surface area contributed by atoms with Gasteiger partial charge in [0.15, 0.2) is 0 Å². The van der Waals surface area contributed by atoms with Crippen LogP contribution < -0.4 is 15.4 Å². The summed E-state index contributed by atoms with van der Waals surface area (Å²) in [5.41, 5.74) is 0.781. The lowest BCUT2D eigenvalue weighted by atomic mass is 10.1. The highest BCUT2D eigenvalue weighted by Crippen LogP contribution is 2.38. The molecule has 1 aliphatic carbocycles. The van der Waals surface area contributed by atoms with Crippen molar-refractivity contribution >= 4 is 11.6 Å². The summed E-state index contributed by atoms with van der Waals surface area (Å²) in [6, 6.07) is 7.65. The zero-order valence-corrected chi connectivity index (χ0v) is 12.3.